The van der Waals surface area contributed by atoms with E-state index in [1.165, 1.54) is 23.6 Å². The van der Waals surface area contributed by atoms with Gasteiger partial charge in [-0.05, 0) is 32.0 Å². The van der Waals surface area contributed by atoms with Crippen LogP contribution in [0.5, 0.6) is 5.75 Å². The number of aromatic nitrogens is 2. The van der Waals surface area contributed by atoms with Crippen molar-refractivity contribution >= 4 is 62.1 Å². The maximum atomic E-state index is 13.3. The first-order valence-corrected chi connectivity index (χ1v) is 16.2. The second kappa shape index (κ2) is 14.2. The minimum atomic E-state index is -5.18. The van der Waals surface area contributed by atoms with Gasteiger partial charge in [0.15, 0.2) is 16.6 Å². The fraction of sp³-hybridized carbons (Fsp3) is 0.259. The van der Waals surface area contributed by atoms with E-state index < -0.39 is 81.0 Å². The van der Waals surface area contributed by atoms with Gasteiger partial charge in [0, 0.05) is 29.1 Å². The summed E-state index contributed by atoms with van der Waals surface area (Å²) in [5.74, 6) is -6.22. The summed E-state index contributed by atoms with van der Waals surface area (Å²) in [6, 6.07) is 2.78. The number of carboxylic acids is 1. The Morgan fingerprint density at radius 1 is 1.12 bits per heavy atom. The van der Waals surface area contributed by atoms with E-state index in [0.717, 1.165) is 43.5 Å². The minimum absolute atomic E-state index is 0.00844. The van der Waals surface area contributed by atoms with Crippen LogP contribution in [0.2, 0.25) is 0 Å². The molecule has 23 heteroatoms. The van der Waals surface area contributed by atoms with Gasteiger partial charge in [-0.15, -0.1) is 11.3 Å². The van der Waals surface area contributed by atoms with Crippen molar-refractivity contribution in [3.8, 4) is 5.75 Å². The number of carbonyl (C=O) groups is 5. The molecule has 9 N–H and O–H groups in total. The van der Waals surface area contributed by atoms with Gasteiger partial charge in [-0.25, -0.2) is 14.1 Å². The molecule has 0 spiro atoms. The monoisotopic (exact) mass is 736 g/mol. The van der Waals surface area contributed by atoms with Crippen molar-refractivity contribution in [2.45, 2.75) is 38.1 Å². The molecule has 1 saturated heterocycles. The van der Waals surface area contributed by atoms with Gasteiger partial charge in [0.2, 0.25) is 11.0 Å². The summed E-state index contributed by atoms with van der Waals surface area (Å²) < 4.78 is 34.1. The molecule has 1 aliphatic rings. The predicted octanol–water partition coefficient (Wildman–Crippen LogP) is -1.73. The molecule has 2 atom stereocenters. The molecule has 1 fully saturated rings. The first-order valence-electron chi connectivity index (χ1n) is 13.9. The maximum absolute atomic E-state index is 13.3. The van der Waals surface area contributed by atoms with Crippen LogP contribution < -0.4 is 27.1 Å². The van der Waals surface area contributed by atoms with Gasteiger partial charge in [-0.3, -0.25) is 28.5 Å². The largest absolute Gasteiger partial charge is 0.503 e. The maximum Gasteiger partial charge on any atom is 0.362 e. The number of aliphatic carboxylic acids is 1. The summed E-state index contributed by atoms with van der Waals surface area (Å²) >= 11 is 0.891. The van der Waals surface area contributed by atoms with E-state index in [1.807, 2.05) is 0 Å². The highest BCUT2D eigenvalue weighted by Crippen LogP contribution is 2.24. The van der Waals surface area contributed by atoms with Crippen LogP contribution in [0.1, 0.15) is 46.0 Å². The molecule has 1 aromatic carbocycles. The number of pyridine rings is 1. The number of benzene rings is 1. The molecule has 4 amide bonds. The lowest BCUT2D eigenvalue weighted by atomic mass is 9.98. The number of aromatic hydroxyl groups is 1. The Labute approximate surface area is 284 Å². The highest BCUT2D eigenvalue weighted by atomic mass is 32.2. The van der Waals surface area contributed by atoms with Crippen molar-refractivity contribution in [1.82, 2.24) is 30.0 Å². The van der Waals surface area contributed by atoms with E-state index in [2.05, 4.69) is 26.1 Å². The summed E-state index contributed by atoms with van der Waals surface area (Å²) in [6.45, 7) is 1.27. The fourth-order valence-electron chi connectivity index (χ4n) is 4.23. The zero-order chi connectivity index (χ0) is 37.1. The normalized spacial score (nSPS) is 16.3. The molecule has 1 aliphatic heterocycles. The van der Waals surface area contributed by atoms with Crippen LogP contribution in [0.3, 0.4) is 0 Å². The van der Waals surface area contributed by atoms with Crippen LogP contribution in [-0.4, -0.2) is 102 Å². The topological polar surface area (TPSA) is 322 Å². The predicted molar refractivity (Wildman–Crippen MR) is 169 cm³/mol. The molecule has 266 valence electrons. The number of nitrogen functional groups attached to an aromatic ring is 1. The van der Waals surface area contributed by atoms with Gasteiger partial charge in [0.05, 0.1) is 24.5 Å². The summed E-state index contributed by atoms with van der Waals surface area (Å²) in [7, 11) is -5.18. The Hall–Kier alpha value is -6.07. The number of oxime groups is 1. The highest BCUT2D eigenvalue weighted by Gasteiger charge is 2.54. The number of thiazole rings is 1. The van der Waals surface area contributed by atoms with Gasteiger partial charge in [0.1, 0.15) is 11.7 Å². The zero-order valence-corrected chi connectivity index (χ0v) is 27.4. The first-order chi connectivity index (χ1) is 23.3. The Balaban J connectivity index is 1.48. The van der Waals surface area contributed by atoms with Crippen LogP contribution in [0, 0.1) is 0 Å². The van der Waals surface area contributed by atoms with E-state index in [9.17, 15) is 57.2 Å². The molecule has 21 nitrogen and oxygen atoms in total. The van der Waals surface area contributed by atoms with Crippen LogP contribution >= 0.6 is 11.3 Å². The molecule has 0 saturated carbocycles. The molecule has 3 heterocycles. The molecule has 50 heavy (non-hydrogen) atoms. The summed E-state index contributed by atoms with van der Waals surface area (Å²) in [4.78, 5) is 83.7. The van der Waals surface area contributed by atoms with Gasteiger partial charge in [-0.1, -0.05) is 11.2 Å². The average molecular weight is 737 g/mol. The number of β-lactam (4-membered cyclic amide) rings is 1. The molecular weight excluding hydrogens is 708 g/mol. The average Bonchev–Trinajstić information content (AvgIpc) is 3.47. The molecule has 3 aromatic rings. The number of nitrogens with two attached hydrogens (primary N) is 1. The molecule has 0 aliphatic carbocycles. The number of carboxylic acid groups (broad SMARTS) is 1. The number of amides is 4. The van der Waals surface area contributed by atoms with Gasteiger partial charge >= 0.3 is 16.3 Å². The molecule has 0 bridgehead atoms. The quantitative estimate of drug-likeness (QED) is 0.0318. The standard InChI is InChI=1S/C27H28N8O13S2/c1-27(2,25(42)43)48-33-19(15-11-49-26(28)31-15)23(40)32-20-16(35(24(20)41)50(45,46)47)9-30-22(39)13-5-3-4-12(6-13)21(38)29-8-14-7-17(36)18(37)10-34(14)44/h3-7,10-11,16,20,37,44H,8-9H2,1-2H3,(H2,28,31)(H,29,38)(H,30,39)(H,32,40)(H,42,43)(H,45,46,47)/t16-,20+/m1/s1. The van der Waals surface area contributed by atoms with Crippen molar-refractivity contribution in [3.63, 3.8) is 0 Å². The zero-order valence-electron chi connectivity index (χ0n) is 25.8. The van der Waals surface area contributed by atoms with Crippen molar-refractivity contribution in [1.29, 1.82) is 0 Å². The Morgan fingerprint density at radius 2 is 1.76 bits per heavy atom. The Kier molecular flexibility index (Phi) is 10.4. The summed E-state index contributed by atoms with van der Waals surface area (Å²) in [5, 5.41) is 40.4. The van der Waals surface area contributed by atoms with Gasteiger partial charge in [-0.2, -0.15) is 13.1 Å². The van der Waals surface area contributed by atoms with Crippen molar-refractivity contribution in [2.24, 2.45) is 5.16 Å². The van der Waals surface area contributed by atoms with Crippen LogP contribution in [0.15, 0.2) is 51.9 Å². The Bertz CT molecular complexity index is 2080. The van der Waals surface area contributed by atoms with E-state index in [0.29, 0.717) is 4.73 Å². The van der Waals surface area contributed by atoms with E-state index in [1.54, 1.807) is 0 Å². The third kappa shape index (κ3) is 8.13. The SMILES string of the molecule is CC(C)(ON=C(C(=O)N[C@@H]1C(=O)N(S(=O)(=O)O)[C@@H]1CNC(=O)c1cccc(C(=O)NCc2cc(=O)c(O)cn2O)c1)c1csc(N)n1)C(=O)O. The lowest BCUT2D eigenvalue weighted by molar-refractivity contribution is -0.161. The van der Waals surface area contributed by atoms with Crippen LogP contribution in [0.4, 0.5) is 5.13 Å². The van der Waals surface area contributed by atoms with Gasteiger partial charge in [0.25, 0.3) is 23.6 Å². The molecule has 0 radical (unpaired) electrons. The first kappa shape index (κ1) is 36.8. The molecule has 0 unspecified atom stereocenters. The second-order valence-corrected chi connectivity index (χ2v) is 13.1. The third-order valence-electron chi connectivity index (χ3n) is 6.94. The minimum Gasteiger partial charge on any atom is -0.503 e. The second-order valence-electron chi connectivity index (χ2n) is 10.9. The lowest BCUT2D eigenvalue weighted by Crippen LogP contribution is -2.74. The van der Waals surface area contributed by atoms with E-state index >= 15 is 0 Å². The number of carbonyl (C=O) groups excluding carboxylic acids is 4. The molecular formula is C27H28N8O13S2. The van der Waals surface area contributed by atoms with Crippen molar-refractivity contribution in [2.75, 3.05) is 12.3 Å². The third-order valence-corrected chi connectivity index (χ3v) is 8.56. The van der Waals surface area contributed by atoms with Crippen molar-refractivity contribution in [3.05, 3.63) is 74.6 Å². The number of anilines is 1. The number of nitrogens with one attached hydrogen (secondary N) is 3. The summed E-state index contributed by atoms with van der Waals surface area (Å²) in [6.07, 6.45) is 0.741. The van der Waals surface area contributed by atoms with Crippen LogP contribution in [0.25, 0.3) is 0 Å². The highest BCUT2D eigenvalue weighted by molar-refractivity contribution is 7.84. The van der Waals surface area contributed by atoms with Gasteiger partial charge < -0.3 is 41.9 Å². The summed E-state index contributed by atoms with van der Waals surface area (Å²) in [5.41, 5.74) is 1.89. The lowest BCUT2D eigenvalue weighted by Gasteiger charge is -2.44. The molecule has 2 aromatic heterocycles. The number of hydrogen-bond acceptors (Lipinski definition) is 15. The number of nitrogens with zero attached hydrogens (tertiary/aromatic N) is 4. The smallest absolute Gasteiger partial charge is 0.362 e. The van der Waals surface area contributed by atoms with E-state index in [-0.39, 0.29) is 38.5 Å². The van der Waals surface area contributed by atoms with E-state index in [4.69, 9.17) is 10.6 Å². The number of hydrogen-bond donors (Lipinski definition) is 8. The number of rotatable bonds is 13. The Morgan fingerprint density at radius 3 is 2.34 bits per heavy atom. The van der Waals surface area contributed by atoms with Crippen LogP contribution in [-0.2, 0) is 36.1 Å². The fourth-order valence-corrected chi connectivity index (χ4v) is 5.66. The molecule has 4 rings (SSSR count). The van der Waals surface area contributed by atoms with Crippen molar-refractivity contribution < 1.29 is 57.2 Å².